The Hall–Kier alpha value is -4.17. The van der Waals surface area contributed by atoms with Crippen molar-refractivity contribution in [1.29, 1.82) is 0 Å². The van der Waals surface area contributed by atoms with Crippen molar-refractivity contribution in [3.63, 3.8) is 0 Å². The Bertz CT molecular complexity index is 1750. The normalized spacial score (nSPS) is 15.4. The largest absolute Gasteiger partial charge is 0.493 e. The summed E-state index contributed by atoms with van der Waals surface area (Å²) in [6.07, 6.45) is 1.14. The molecule has 0 aromatic heterocycles. The molecule has 0 aliphatic carbocycles. The molecule has 3 aromatic rings. The van der Waals surface area contributed by atoms with Gasteiger partial charge in [0.2, 0.25) is 10.0 Å². The molecule has 1 aliphatic heterocycles. The number of methoxy groups -OCH3 is 1. The summed E-state index contributed by atoms with van der Waals surface area (Å²) in [5.41, 5.74) is 2.87. The molecule has 0 bridgehead atoms. The number of sulfonamides is 1. The zero-order valence-electron chi connectivity index (χ0n) is 28.5. The average molecular weight is 696 g/mol. The van der Waals surface area contributed by atoms with Gasteiger partial charge in [-0.3, -0.25) is 10.1 Å². The summed E-state index contributed by atoms with van der Waals surface area (Å²) in [4.78, 5) is 28.1. The molecule has 2 amide bonds. The first-order valence-electron chi connectivity index (χ1n) is 15.6. The van der Waals surface area contributed by atoms with Crippen LogP contribution in [0.2, 0.25) is 18.1 Å². The Morgan fingerprint density at radius 3 is 2.27 bits per heavy atom. The van der Waals surface area contributed by atoms with Gasteiger partial charge in [0.1, 0.15) is 6.61 Å². The Morgan fingerprint density at radius 2 is 1.69 bits per heavy atom. The summed E-state index contributed by atoms with van der Waals surface area (Å²) in [6, 6.07) is 18.6. The summed E-state index contributed by atoms with van der Waals surface area (Å²) >= 11 is 0. The maximum absolute atomic E-state index is 14.4. The number of nitrogens with one attached hydrogen (secondary N) is 2. The SMILES string of the molecule is CNS(=O)(=O)c1ccc(C2=CC(CO[Si](C)(C)C(C)(C)C)N(C(=O)c3cc(OC)c(OCc4ccccc4)cc3NC(=O)O)CC2)cc1. The Kier molecular flexibility index (Phi) is 11.4. The summed E-state index contributed by atoms with van der Waals surface area (Å²) in [5.74, 6) is 0.162. The second kappa shape index (κ2) is 14.9. The fourth-order valence-electron chi connectivity index (χ4n) is 5.04. The molecule has 0 radical (unpaired) electrons. The van der Waals surface area contributed by atoms with Crippen molar-refractivity contribution in [2.75, 3.05) is 32.6 Å². The van der Waals surface area contributed by atoms with Gasteiger partial charge in [-0.2, -0.15) is 0 Å². The first-order chi connectivity index (χ1) is 22.6. The summed E-state index contributed by atoms with van der Waals surface area (Å²) < 4.78 is 45.1. The number of nitrogens with zero attached hydrogens (tertiary/aromatic N) is 1. The van der Waals surface area contributed by atoms with Gasteiger partial charge in [-0.1, -0.05) is 69.3 Å². The molecule has 11 nitrogen and oxygen atoms in total. The van der Waals surface area contributed by atoms with Gasteiger partial charge in [-0.25, -0.2) is 17.9 Å². The molecule has 0 saturated heterocycles. The molecule has 4 rings (SSSR count). The minimum absolute atomic E-state index is 0.0662. The predicted molar refractivity (Wildman–Crippen MR) is 189 cm³/mol. The third-order valence-electron chi connectivity index (χ3n) is 8.92. The number of benzene rings is 3. The number of ether oxygens (including phenoxy) is 2. The number of carbonyl (C=O) groups excluding carboxylic acids is 1. The number of anilines is 1. The molecule has 3 N–H and O–H groups in total. The highest BCUT2D eigenvalue weighted by molar-refractivity contribution is 7.89. The van der Waals surface area contributed by atoms with Gasteiger partial charge in [0.15, 0.2) is 19.8 Å². The molecule has 1 heterocycles. The van der Waals surface area contributed by atoms with Gasteiger partial charge in [-0.05, 0) is 66.5 Å². The van der Waals surface area contributed by atoms with Crippen LogP contribution in [0, 0.1) is 0 Å². The first kappa shape index (κ1) is 36.7. The lowest BCUT2D eigenvalue weighted by molar-refractivity contribution is 0.0654. The van der Waals surface area contributed by atoms with Gasteiger partial charge in [0.25, 0.3) is 5.91 Å². The third kappa shape index (κ3) is 8.64. The molecule has 3 aromatic carbocycles. The van der Waals surface area contributed by atoms with E-state index in [-0.39, 0.29) is 45.9 Å². The number of carbonyl (C=O) groups is 2. The van der Waals surface area contributed by atoms with Crippen molar-refractivity contribution >= 4 is 41.6 Å². The Balaban J connectivity index is 1.71. The molecule has 48 heavy (non-hydrogen) atoms. The van der Waals surface area contributed by atoms with Gasteiger partial charge < -0.3 is 23.9 Å². The van der Waals surface area contributed by atoms with Crippen LogP contribution in [0.4, 0.5) is 10.5 Å². The fraction of sp³-hybridized carbons (Fsp3) is 0.371. The fourth-order valence-corrected chi connectivity index (χ4v) is 6.79. The van der Waals surface area contributed by atoms with Crippen LogP contribution in [-0.2, 0) is 21.1 Å². The smallest absolute Gasteiger partial charge is 0.409 e. The van der Waals surface area contributed by atoms with E-state index in [1.165, 1.54) is 26.3 Å². The lowest BCUT2D eigenvalue weighted by Crippen LogP contribution is -2.49. The zero-order chi connectivity index (χ0) is 35.3. The van der Waals surface area contributed by atoms with E-state index >= 15 is 0 Å². The number of carboxylic acid groups (broad SMARTS) is 1. The highest BCUT2D eigenvalue weighted by atomic mass is 32.2. The van der Waals surface area contributed by atoms with Crippen molar-refractivity contribution < 1.29 is 37.0 Å². The zero-order valence-corrected chi connectivity index (χ0v) is 30.3. The molecular formula is C35H45N3O8SSi. The molecule has 0 fully saturated rings. The van der Waals surface area contributed by atoms with Crippen LogP contribution in [0.3, 0.4) is 0 Å². The number of rotatable bonds is 12. The average Bonchev–Trinajstić information content (AvgIpc) is 3.05. The number of amides is 2. The molecule has 1 atom stereocenters. The molecule has 0 saturated carbocycles. The summed E-state index contributed by atoms with van der Waals surface area (Å²) in [7, 11) is -2.99. The van der Waals surface area contributed by atoms with E-state index in [1.54, 1.807) is 29.2 Å². The van der Waals surface area contributed by atoms with Crippen molar-refractivity contribution in [3.8, 4) is 11.5 Å². The second-order valence-electron chi connectivity index (χ2n) is 13.1. The minimum Gasteiger partial charge on any atom is -0.493 e. The van der Waals surface area contributed by atoms with E-state index in [2.05, 4.69) is 43.9 Å². The molecule has 13 heteroatoms. The van der Waals surface area contributed by atoms with E-state index in [9.17, 15) is 23.1 Å². The lowest BCUT2D eigenvalue weighted by atomic mass is 9.95. The van der Waals surface area contributed by atoms with Gasteiger partial charge >= 0.3 is 6.09 Å². The standard InChI is InChI=1S/C35H45N3O8SSi/c1-35(2,3)48(6,7)46-23-27-19-26(25-13-15-28(16-14-25)47(42,43)36-4)17-18-38(27)33(39)29-20-31(44-5)32(21-30(29)37-34(40)41)45-22-24-11-9-8-10-12-24/h8-16,19-21,27,36-37H,17-18,22-23H2,1-7H3,(H,40,41). The highest BCUT2D eigenvalue weighted by Crippen LogP contribution is 2.39. The van der Waals surface area contributed by atoms with Crippen molar-refractivity contribution in [3.05, 3.63) is 89.5 Å². The van der Waals surface area contributed by atoms with Crippen LogP contribution >= 0.6 is 0 Å². The molecule has 1 unspecified atom stereocenters. The van der Waals surface area contributed by atoms with Gasteiger partial charge in [-0.15, -0.1) is 0 Å². The van der Waals surface area contributed by atoms with Crippen molar-refractivity contribution in [2.24, 2.45) is 0 Å². The van der Waals surface area contributed by atoms with E-state index in [0.717, 1.165) is 16.7 Å². The van der Waals surface area contributed by atoms with Crippen LogP contribution in [0.5, 0.6) is 11.5 Å². The molecule has 1 aliphatic rings. The maximum Gasteiger partial charge on any atom is 0.409 e. The Labute approximate surface area is 284 Å². The van der Waals surface area contributed by atoms with E-state index in [0.29, 0.717) is 13.0 Å². The minimum atomic E-state index is -3.59. The van der Waals surface area contributed by atoms with Crippen LogP contribution in [0.15, 0.2) is 77.7 Å². The van der Waals surface area contributed by atoms with Crippen LogP contribution in [0.25, 0.3) is 5.57 Å². The van der Waals surface area contributed by atoms with Crippen LogP contribution in [-0.4, -0.2) is 72.1 Å². The summed E-state index contributed by atoms with van der Waals surface area (Å²) in [5, 5.41) is 12.0. The highest BCUT2D eigenvalue weighted by Gasteiger charge is 2.39. The number of hydrogen-bond acceptors (Lipinski definition) is 7. The quantitative estimate of drug-likeness (QED) is 0.180. The van der Waals surface area contributed by atoms with Crippen molar-refractivity contribution in [2.45, 2.75) is 62.9 Å². The summed E-state index contributed by atoms with van der Waals surface area (Å²) in [6.45, 7) is 11.5. The molecule has 0 spiro atoms. The maximum atomic E-state index is 14.4. The van der Waals surface area contributed by atoms with Crippen molar-refractivity contribution in [1.82, 2.24) is 9.62 Å². The molecule has 258 valence electrons. The van der Waals surface area contributed by atoms with E-state index in [1.807, 2.05) is 36.4 Å². The third-order valence-corrected chi connectivity index (χ3v) is 14.8. The lowest BCUT2D eigenvalue weighted by Gasteiger charge is -2.40. The van der Waals surface area contributed by atoms with E-state index in [4.69, 9.17) is 13.9 Å². The number of hydrogen-bond donors (Lipinski definition) is 3. The first-order valence-corrected chi connectivity index (χ1v) is 20.0. The van der Waals surface area contributed by atoms with Gasteiger partial charge in [0.05, 0.1) is 35.9 Å². The Morgan fingerprint density at radius 1 is 1.02 bits per heavy atom. The van der Waals surface area contributed by atoms with Crippen LogP contribution in [0.1, 0.15) is 48.7 Å². The second-order valence-corrected chi connectivity index (χ2v) is 19.8. The van der Waals surface area contributed by atoms with Gasteiger partial charge in [0, 0.05) is 12.6 Å². The predicted octanol–water partition coefficient (Wildman–Crippen LogP) is 6.59. The topological polar surface area (TPSA) is 144 Å². The van der Waals surface area contributed by atoms with E-state index < -0.39 is 36.4 Å². The monoisotopic (exact) mass is 695 g/mol. The molecular weight excluding hydrogens is 651 g/mol. The van der Waals surface area contributed by atoms with Crippen LogP contribution < -0.4 is 19.5 Å².